The minimum Gasteiger partial charge on any atom is -0.310 e. The Bertz CT molecular complexity index is 388. The first-order valence-corrected chi connectivity index (χ1v) is 6.48. The maximum absolute atomic E-state index is 13.7. The highest BCUT2D eigenvalue weighted by Crippen LogP contribution is 2.44. The van der Waals surface area contributed by atoms with Crippen LogP contribution >= 0.6 is 15.9 Å². The van der Waals surface area contributed by atoms with E-state index in [0.717, 1.165) is 16.6 Å². The van der Waals surface area contributed by atoms with Crippen molar-refractivity contribution in [2.45, 2.75) is 32.7 Å². The van der Waals surface area contributed by atoms with E-state index in [9.17, 15) is 4.39 Å². The number of benzene rings is 1. The van der Waals surface area contributed by atoms with Crippen LogP contribution in [-0.2, 0) is 0 Å². The van der Waals surface area contributed by atoms with Gasteiger partial charge in [0.1, 0.15) is 5.82 Å². The van der Waals surface area contributed by atoms with E-state index in [1.165, 1.54) is 18.9 Å². The smallest absolute Gasteiger partial charge is 0.129 e. The number of nitrogens with one attached hydrogen (secondary N) is 1. The van der Waals surface area contributed by atoms with Crippen LogP contribution in [0, 0.1) is 11.2 Å². The summed E-state index contributed by atoms with van der Waals surface area (Å²) in [4.78, 5) is 0. The van der Waals surface area contributed by atoms with E-state index < -0.39 is 0 Å². The molecule has 0 heterocycles. The second-order valence-corrected chi connectivity index (χ2v) is 5.99. The lowest BCUT2D eigenvalue weighted by molar-refractivity contribution is 0.446. The molecule has 0 aliphatic heterocycles. The molecule has 16 heavy (non-hydrogen) atoms. The predicted molar refractivity (Wildman–Crippen MR) is 67.9 cm³/mol. The maximum atomic E-state index is 13.7. The summed E-state index contributed by atoms with van der Waals surface area (Å²) in [5, 5.41) is 3.41. The zero-order valence-electron chi connectivity index (χ0n) is 9.69. The van der Waals surface area contributed by atoms with Crippen LogP contribution in [0.5, 0.6) is 0 Å². The fourth-order valence-electron chi connectivity index (χ4n) is 1.75. The lowest BCUT2D eigenvalue weighted by atomic mass is 10.1. The van der Waals surface area contributed by atoms with Crippen LogP contribution in [-0.4, -0.2) is 6.54 Å². The molecule has 0 radical (unpaired) electrons. The van der Waals surface area contributed by atoms with Gasteiger partial charge in [-0.2, -0.15) is 0 Å². The van der Waals surface area contributed by atoms with Gasteiger partial charge in [0, 0.05) is 22.6 Å². The van der Waals surface area contributed by atoms with Crippen LogP contribution in [0.3, 0.4) is 0 Å². The third-order valence-electron chi connectivity index (χ3n) is 3.37. The van der Waals surface area contributed by atoms with Gasteiger partial charge in [0.05, 0.1) is 0 Å². The molecule has 1 aliphatic carbocycles. The molecule has 1 N–H and O–H groups in total. The van der Waals surface area contributed by atoms with Crippen molar-refractivity contribution in [2.75, 3.05) is 6.54 Å². The van der Waals surface area contributed by atoms with Gasteiger partial charge in [-0.25, -0.2) is 4.39 Å². The molecule has 0 spiro atoms. The van der Waals surface area contributed by atoms with Gasteiger partial charge in [-0.3, -0.25) is 0 Å². The fraction of sp³-hybridized carbons (Fsp3) is 0.538. The van der Waals surface area contributed by atoms with E-state index in [4.69, 9.17) is 0 Å². The first-order valence-electron chi connectivity index (χ1n) is 5.68. The normalized spacial score (nSPS) is 19.5. The van der Waals surface area contributed by atoms with Gasteiger partial charge >= 0.3 is 0 Å². The van der Waals surface area contributed by atoms with Crippen molar-refractivity contribution in [1.29, 1.82) is 0 Å². The number of halogens is 2. The zero-order chi connectivity index (χ0) is 11.8. The van der Waals surface area contributed by atoms with Crippen molar-refractivity contribution in [3.05, 3.63) is 34.1 Å². The molecule has 0 aromatic heterocycles. The van der Waals surface area contributed by atoms with Crippen LogP contribution in [0.25, 0.3) is 0 Å². The third kappa shape index (κ3) is 2.83. The number of rotatable bonds is 4. The molecule has 0 amide bonds. The average Bonchev–Trinajstić information content (AvgIpc) is 2.94. The summed E-state index contributed by atoms with van der Waals surface area (Å²) in [6.07, 6.45) is 2.57. The molecule has 88 valence electrons. The predicted octanol–water partition coefficient (Wildman–Crippen LogP) is 4.04. The summed E-state index contributed by atoms with van der Waals surface area (Å²) >= 11 is 3.27. The number of hydrogen-bond acceptors (Lipinski definition) is 1. The Morgan fingerprint density at radius 1 is 1.50 bits per heavy atom. The molecule has 1 unspecified atom stereocenters. The minimum absolute atomic E-state index is 0.0746. The lowest BCUT2D eigenvalue weighted by Crippen LogP contribution is -2.25. The van der Waals surface area contributed by atoms with Crippen LogP contribution in [0.2, 0.25) is 0 Å². The Labute approximate surface area is 105 Å². The monoisotopic (exact) mass is 285 g/mol. The molecule has 1 saturated carbocycles. The van der Waals surface area contributed by atoms with Crippen molar-refractivity contribution in [3.8, 4) is 0 Å². The quantitative estimate of drug-likeness (QED) is 0.881. The van der Waals surface area contributed by atoms with Gasteiger partial charge in [-0.05, 0) is 37.3 Å². The average molecular weight is 286 g/mol. The fourth-order valence-corrected chi connectivity index (χ4v) is 2.09. The Morgan fingerprint density at radius 3 is 2.75 bits per heavy atom. The molecular weight excluding hydrogens is 269 g/mol. The van der Waals surface area contributed by atoms with Gasteiger partial charge < -0.3 is 5.32 Å². The van der Waals surface area contributed by atoms with E-state index in [0.29, 0.717) is 5.41 Å². The third-order valence-corrected chi connectivity index (χ3v) is 3.86. The van der Waals surface area contributed by atoms with Crippen LogP contribution in [0.15, 0.2) is 22.7 Å². The summed E-state index contributed by atoms with van der Waals surface area (Å²) in [6, 6.07) is 5.32. The summed E-state index contributed by atoms with van der Waals surface area (Å²) in [5.41, 5.74) is 1.20. The molecule has 1 aromatic carbocycles. The van der Waals surface area contributed by atoms with Crippen molar-refractivity contribution in [1.82, 2.24) is 5.32 Å². The Hall–Kier alpha value is -0.410. The molecular formula is C13H17BrFN. The summed E-state index contributed by atoms with van der Waals surface area (Å²) < 4.78 is 14.5. The van der Waals surface area contributed by atoms with E-state index in [2.05, 4.69) is 28.2 Å². The van der Waals surface area contributed by atoms with Crippen molar-refractivity contribution >= 4 is 15.9 Å². The highest BCUT2D eigenvalue weighted by Gasteiger charge is 2.37. The van der Waals surface area contributed by atoms with Gasteiger partial charge in [0.25, 0.3) is 0 Å². The van der Waals surface area contributed by atoms with Gasteiger partial charge in [0.2, 0.25) is 0 Å². The van der Waals surface area contributed by atoms with Crippen LogP contribution in [0.4, 0.5) is 4.39 Å². The van der Waals surface area contributed by atoms with E-state index >= 15 is 0 Å². The van der Waals surface area contributed by atoms with Gasteiger partial charge in [0.15, 0.2) is 0 Å². The molecule has 2 rings (SSSR count). The molecule has 1 aliphatic rings. The van der Waals surface area contributed by atoms with Gasteiger partial charge in [-0.1, -0.05) is 28.9 Å². The van der Waals surface area contributed by atoms with Crippen molar-refractivity contribution in [3.63, 3.8) is 0 Å². The van der Waals surface area contributed by atoms with Crippen LogP contribution < -0.4 is 5.32 Å². The van der Waals surface area contributed by atoms with E-state index in [-0.39, 0.29) is 11.9 Å². The summed E-state index contributed by atoms with van der Waals surface area (Å²) in [7, 11) is 0. The molecule has 1 atom stereocenters. The molecule has 0 bridgehead atoms. The Kier molecular flexibility index (Phi) is 3.36. The summed E-state index contributed by atoms with van der Waals surface area (Å²) in [5.74, 6) is -0.143. The van der Waals surface area contributed by atoms with E-state index in [1.54, 1.807) is 0 Å². The zero-order valence-corrected chi connectivity index (χ0v) is 11.3. The highest BCUT2D eigenvalue weighted by atomic mass is 79.9. The first kappa shape index (κ1) is 12.1. The summed E-state index contributed by atoms with van der Waals surface area (Å²) in [6.45, 7) is 5.26. The maximum Gasteiger partial charge on any atom is 0.129 e. The minimum atomic E-state index is -0.143. The second kappa shape index (κ2) is 4.46. The molecule has 1 fully saturated rings. The molecule has 0 saturated heterocycles. The Balaban J connectivity index is 1.99. The first-order chi connectivity index (χ1) is 7.50. The number of hydrogen-bond donors (Lipinski definition) is 1. The van der Waals surface area contributed by atoms with Crippen molar-refractivity contribution < 1.29 is 4.39 Å². The largest absolute Gasteiger partial charge is 0.310 e. The second-order valence-electron chi connectivity index (χ2n) is 5.08. The SMILES string of the molecule is CC(NCC1(C)CC1)c1ccc(Br)cc1F. The Morgan fingerprint density at radius 2 is 2.19 bits per heavy atom. The molecule has 1 aromatic rings. The van der Waals surface area contributed by atoms with Crippen molar-refractivity contribution in [2.24, 2.45) is 5.41 Å². The lowest BCUT2D eigenvalue weighted by Gasteiger charge is -2.18. The molecule has 1 nitrogen and oxygen atoms in total. The van der Waals surface area contributed by atoms with Crippen LogP contribution in [0.1, 0.15) is 38.3 Å². The highest BCUT2D eigenvalue weighted by molar-refractivity contribution is 9.10. The standard InChI is InChI=1S/C13H17BrFN/c1-9(16-8-13(2)5-6-13)11-4-3-10(14)7-12(11)15/h3-4,7,9,16H,5-6,8H2,1-2H3. The van der Waals surface area contributed by atoms with Gasteiger partial charge in [-0.15, -0.1) is 0 Å². The van der Waals surface area contributed by atoms with E-state index in [1.807, 2.05) is 19.1 Å². The molecule has 3 heteroatoms. The topological polar surface area (TPSA) is 12.0 Å².